The Labute approximate surface area is 113 Å². The van der Waals surface area contributed by atoms with Gasteiger partial charge in [-0.1, -0.05) is 23.7 Å². The fourth-order valence-corrected chi connectivity index (χ4v) is 1.89. The molecule has 18 heavy (non-hydrogen) atoms. The summed E-state index contributed by atoms with van der Waals surface area (Å²) in [5.74, 6) is 0. The van der Waals surface area contributed by atoms with Crippen LogP contribution in [0.25, 0.3) is 0 Å². The van der Waals surface area contributed by atoms with Crippen molar-refractivity contribution in [2.45, 2.75) is 12.2 Å². The van der Waals surface area contributed by atoms with Gasteiger partial charge in [-0.05, 0) is 24.7 Å². The lowest BCUT2D eigenvalue weighted by Gasteiger charge is -2.23. The molecule has 0 aliphatic heterocycles. The molecule has 0 saturated heterocycles. The van der Waals surface area contributed by atoms with Crippen LogP contribution in [0.15, 0.2) is 24.3 Å². The Morgan fingerprint density at radius 1 is 1.22 bits per heavy atom. The number of hydrogen-bond donors (Lipinski definition) is 2. The SMILES string of the molecule is COC[C@H](O)CN(C)C[C@@H](O)c1ccc(Cl)cc1. The van der Waals surface area contributed by atoms with Gasteiger partial charge in [-0.15, -0.1) is 0 Å². The molecule has 0 saturated carbocycles. The number of aliphatic hydroxyl groups excluding tert-OH is 2. The zero-order valence-corrected chi connectivity index (χ0v) is 11.5. The van der Waals surface area contributed by atoms with Crippen LogP contribution in [0.5, 0.6) is 0 Å². The molecular weight excluding hydrogens is 254 g/mol. The van der Waals surface area contributed by atoms with Crippen molar-refractivity contribution in [1.82, 2.24) is 4.90 Å². The van der Waals surface area contributed by atoms with Crippen LogP contribution >= 0.6 is 11.6 Å². The Hall–Kier alpha value is -0.650. The van der Waals surface area contributed by atoms with Gasteiger partial charge in [0, 0.05) is 25.2 Å². The summed E-state index contributed by atoms with van der Waals surface area (Å²) in [6.07, 6.45) is -1.14. The van der Waals surface area contributed by atoms with E-state index in [1.807, 2.05) is 11.9 Å². The fourth-order valence-electron chi connectivity index (χ4n) is 1.76. The highest BCUT2D eigenvalue weighted by atomic mass is 35.5. The second-order valence-electron chi connectivity index (χ2n) is 4.40. The van der Waals surface area contributed by atoms with Gasteiger partial charge in [0.25, 0.3) is 0 Å². The van der Waals surface area contributed by atoms with Gasteiger partial charge in [0.2, 0.25) is 0 Å². The summed E-state index contributed by atoms with van der Waals surface area (Å²) in [4.78, 5) is 1.86. The number of ether oxygens (including phenoxy) is 1. The molecule has 4 nitrogen and oxygen atoms in total. The molecule has 0 amide bonds. The molecule has 0 aromatic heterocycles. The number of aliphatic hydroxyl groups is 2. The summed E-state index contributed by atoms with van der Waals surface area (Å²) in [7, 11) is 3.39. The number of likely N-dealkylation sites (N-methyl/N-ethyl adjacent to an activating group) is 1. The van der Waals surface area contributed by atoms with Gasteiger partial charge in [-0.25, -0.2) is 0 Å². The predicted octanol–water partition coefficient (Wildman–Crippen LogP) is 1.31. The van der Waals surface area contributed by atoms with Crippen molar-refractivity contribution in [3.63, 3.8) is 0 Å². The van der Waals surface area contributed by atoms with Crippen LogP contribution in [-0.4, -0.2) is 55.1 Å². The van der Waals surface area contributed by atoms with Crippen molar-refractivity contribution in [3.8, 4) is 0 Å². The Kier molecular flexibility index (Phi) is 6.60. The number of hydrogen-bond acceptors (Lipinski definition) is 4. The van der Waals surface area contributed by atoms with Gasteiger partial charge >= 0.3 is 0 Å². The van der Waals surface area contributed by atoms with E-state index in [9.17, 15) is 10.2 Å². The second-order valence-corrected chi connectivity index (χ2v) is 4.83. The fraction of sp³-hybridized carbons (Fsp3) is 0.538. The first-order valence-corrected chi connectivity index (χ1v) is 6.19. The van der Waals surface area contributed by atoms with Gasteiger partial charge in [-0.2, -0.15) is 0 Å². The monoisotopic (exact) mass is 273 g/mol. The summed E-state index contributed by atoms with van der Waals surface area (Å²) < 4.78 is 4.85. The van der Waals surface area contributed by atoms with Crippen molar-refractivity contribution in [3.05, 3.63) is 34.9 Å². The summed E-state index contributed by atoms with van der Waals surface area (Å²) in [6, 6.07) is 7.10. The molecule has 0 aliphatic rings. The van der Waals surface area contributed by atoms with Crippen molar-refractivity contribution < 1.29 is 14.9 Å². The standard InChI is InChI=1S/C13H20ClNO3/c1-15(7-12(16)9-18-2)8-13(17)10-3-5-11(14)6-4-10/h3-6,12-13,16-17H,7-9H2,1-2H3/t12-,13-/m1/s1. The molecule has 0 fully saturated rings. The zero-order chi connectivity index (χ0) is 13.5. The predicted molar refractivity (Wildman–Crippen MR) is 71.8 cm³/mol. The molecule has 0 spiro atoms. The lowest BCUT2D eigenvalue weighted by Crippen LogP contribution is -2.34. The average molecular weight is 274 g/mol. The first-order valence-electron chi connectivity index (χ1n) is 5.82. The second kappa shape index (κ2) is 7.71. The molecule has 5 heteroatoms. The molecule has 0 bridgehead atoms. The third-order valence-corrected chi connectivity index (χ3v) is 2.87. The van der Waals surface area contributed by atoms with Gasteiger partial charge in [0.05, 0.1) is 18.8 Å². The molecule has 0 aliphatic carbocycles. The molecule has 1 rings (SSSR count). The lowest BCUT2D eigenvalue weighted by molar-refractivity contribution is 0.0318. The molecule has 2 atom stereocenters. The van der Waals surface area contributed by atoms with E-state index in [1.54, 1.807) is 31.4 Å². The average Bonchev–Trinajstić information content (AvgIpc) is 2.29. The topological polar surface area (TPSA) is 52.9 Å². The maximum Gasteiger partial charge on any atom is 0.0916 e. The highest BCUT2D eigenvalue weighted by molar-refractivity contribution is 6.30. The van der Waals surface area contributed by atoms with Crippen LogP contribution < -0.4 is 0 Å². The highest BCUT2D eigenvalue weighted by Crippen LogP contribution is 2.17. The Morgan fingerprint density at radius 3 is 2.39 bits per heavy atom. The van der Waals surface area contributed by atoms with Crippen LogP contribution in [-0.2, 0) is 4.74 Å². The first-order chi connectivity index (χ1) is 8.52. The van der Waals surface area contributed by atoms with Crippen molar-refractivity contribution in [1.29, 1.82) is 0 Å². The van der Waals surface area contributed by atoms with Gasteiger partial charge in [0.15, 0.2) is 0 Å². The molecule has 2 N–H and O–H groups in total. The van der Waals surface area contributed by atoms with Crippen molar-refractivity contribution in [2.24, 2.45) is 0 Å². The van der Waals surface area contributed by atoms with E-state index in [-0.39, 0.29) is 0 Å². The van der Waals surface area contributed by atoms with E-state index in [0.29, 0.717) is 24.7 Å². The maximum atomic E-state index is 10.0. The molecule has 1 aromatic carbocycles. The van der Waals surface area contributed by atoms with E-state index < -0.39 is 12.2 Å². The molecule has 1 aromatic rings. The lowest BCUT2D eigenvalue weighted by atomic mass is 10.1. The molecule has 0 unspecified atom stereocenters. The Morgan fingerprint density at radius 2 is 1.83 bits per heavy atom. The number of nitrogens with zero attached hydrogens (tertiary/aromatic N) is 1. The minimum absolute atomic E-state index is 0.293. The Bertz CT molecular complexity index is 345. The molecule has 102 valence electrons. The molecule has 0 radical (unpaired) electrons. The van der Waals surface area contributed by atoms with Crippen LogP contribution in [0.3, 0.4) is 0 Å². The first kappa shape index (κ1) is 15.4. The van der Waals surface area contributed by atoms with Gasteiger partial charge < -0.3 is 19.8 Å². The molecular formula is C13H20ClNO3. The van der Waals surface area contributed by atoms with E-state index in [4.69, 9.17) is 16.3 Å². The van der Waals surface area contributed by atoms with E-state index in [1.165, 1.54) is 0 Å². The van der Waals surface area contributed by atoms with E-state index in [2.05, 4.69) is 0 Å². The highest BCUT2D eigenvalue weighted by Gasteiger charge is 2.13. The van der Waals surface area contributed by atoms with Gasteiger partial charge in [-0.3, -0.25) is 0 Å². The normalized spacial score (nSPS) is 14.8. The van der Waals surface area contributed by atoms with Crippen LogP contribution in [0.4, 0.5) is 0 Å². The van der Waals surface area contributed by atoms with Crippen LogP contribution in [0.1, 0.15) is 11.7 Å². The van der Waals surface area contributed by atoms with Crippen molar-refractivity contribution in [2.75, 3.05) is 33.9 Å². The minimum atomic E-state index is -0.595. The van der Waals surface area contributed by atoms with Crippen molar-refractivity contribution >= 4 is 11.6 Å². The third-order valence-electron chi connectivity index (χ3n) is 2.62. The summed E-state index contributed by atoms with van der Waals surface area (Å²) >= 11 is 5.79. The van der Waals surface area contributed by atoms with Crippen LogP contribution in [0, 0.1) is 0 Å². The number of rotatable bonds is 7. The number of benzene rings is 1. The summed E-state index contributed by atoms with van der Waals surface area (Å²) in [5.41, 5.74) is 0.812. The van der Waals surface area contributed by atoms with E-state index in [0.717, 1.165) is 5.56 Å². The third kappa shape index (κ3) is 5.33. The minimum Gasteiger partial charge on any atom is -0.389 e. The molecule has 0 heterocycles. The number of methoxy groups -OCH3 is 1. The smallest absolute Gasteiger partial charge is 0.0916 e. The summed E-state index contributed by atoms with van der Waals surface area (Å²) in [5, 5.41) is 20.2. The Balaban J connectivity index is 2.43. The quantitative estimate of drug-likeness (QED) is 0.787. The van der Waals surface area contributed by atoms with E-state index >= 15 is 0 Å². The summed E-state index contributed by atoms with van der Waals surface area (Å²) in [6.45, 7) is 1.20. The largest absolute Gasteiger partial charge is 0.389 e. The maximum absolute atomic E-state index is 10.0. The van der Waals surface area contributed by atoms with Crippen LogP contribution in [0.2, 0.25) is 5.02 Å². The number of halogens is 1. The van der Waals surface area contributed by atoms with Gasteiger partial charge in [0.1, 0.15) is 0 Å². The zero-order valence-electron chi connectivity index (χ0n) is 10.7.